The first kappa shape index (κ1) is 15.2. The highest BCUT2D eigenvalue weighted by molar-refractivity contribution is 7.89. The van der Waals surface area contributed by atoms with Crippen LogP contribution in [0, 0.1) is 11.8 Å². The summed E-state index contributed by atoms with van der Waals surface area (Å²) >= 11 is 0. The molecular formula is C13H15N5O2S. The van der Waals surface area contributed by atoms with Crippen LogP contribution in [0.25, 0.3) is 0 Å². The Morgan fingerprint density at radius 1 is 1.29 bits per heavy atom. The third-order valence-corrected chi connectivity index (χ3v) is 4.03. The fourth-order valence-corrected chi connectivity index (χ4v) is 2.63. The zero-order valence-corrected chi connectivity index (χ0v) is 12.0. The van der Waals surface area contributed by atoms with Crippen molar-refractivity contribution in [3.8, 4) is 11.8 Å². The number of hydrogen-bond acceptors (Lipinski definition) is 5. The van der Waals surface area contributed by atoms with Gasteiger partial charge in [-0.05, 0) is 6.07 Å². The Labute approximate surface area is 123 Å². The van der Waals surface area contributed by atoms with Gasteiger partial charge in [-0.2, -0.15) is 0 Å². The standard InChI is InChI=1S/C13H15N5O2S/c14-4-1-2-11-6-13(9-15-7-11)21(19,20)18-5-3-12-8-16-10-17-12/h6-10,18H,3-5,14H2,(H,16,17). The van der Waals surface area contributed by atoms with Crippen molar-refractivity contribution in [3.05, 3.63) is 42.2 Å². The summed E-state index contributed by atoms with van der Waals surface area (Å²) in [6.07, 6.45) is 6.50. The van der Waals surface area contributed by atoms with E-state index in [4.69, 9.17) is 5.73 Å². The highest BCUT2D eigenvalue weighted by atomic mass is 32.2. The van der Waals surface area contributed by atoms with E-state index >= 15 is 0 Å². The molecule has 0 aliphatic rings. The molecule has 21 heavy (non-hydrogen) atoms. The lowest BCUT2D eigenvalue weighted by Crippen LogP contribution is -2.26. The van der Waals surface area contributed by atoms with Crippen LogP contribution >= 0.6 is 0 Å². The molecule has 7 nitrogen and oxygen atoms in total. The molecule has 4 N–H and O–H groups in total. The van der Waals surface area contributed by atoms with E-state index in [1.165, 1.54) is 18.5 Å². The van der Waals surface area contributed by atoms with Crippen molar-refractivity contribution in [2.24, 2.45) is 5.73 Å². The van der Waals surface area contributed by atoms with Gasteiger partial charge >= 0.3 is 0 Å². The Morgan fingerprint density at radius 3 is 2.86 bits per heavy atom. The molecule has 0 bridgehead atoms. The number of imidazole rings is 1. The number of aromatic amines is 1. The molecule has 0 aliphatic heterocycles. The minimum absolute atomic E-state index is 0.0796. The van der Waals surface area contributed by atoms with Crippen molar-refractivity contribution in [3.63, 3.8) is 0 Å². The lowest BCUT2D eigenvalue weighted by Gasteiger charge is -2.06. The van der Waals surface area contributed by atoms with Gasteiger partial charge in [0.25, 0.3) is 0 Å². The fourth-order valence-electron chi connectivity index (χ4n) is 1.61. The van der Waals surface area contributed by atoms with Crippen molar-refractivity contribution in [2.75, 3.05) is 13.1 Å². The largest absolute Gasteiger partial charge is 0.348 e. The van der Waals surface area contributed by atoms with Crippen LogP contribution in [0.1, 0.15) is 11.3 Å². The quantitative estimate of drug-likeness (QED) is 0.653. The Bertz CT molecular complexity index is 744. The van der Waals surface area contributed by atoms with Crippen LogP contribution in [-0.2, 0) is 16.4 Å². The molecule has 0 saturated carbocycles. The van der Waals surface area contributed by atoms with E-state index in [1.54, 1.807) is 12.5 Å². The molecule has 110 valence electrons. The number of nitrogens with two attached hydrogens (primary N) is 1. The van der Waals surface area contributed by atoms with Crippen LogP contribution in [-0.4, -0.2) is 36.5 Å². The number of sulfonamides is 1. The predicted octanol–water partition coefficient (Wildman–Crippen LogP) is -0.364. The first-order valence-electron chi connectivity index (χ1n) is 6.23. The van der Waals surface area contributed by atoms with E-state index in [9.17, 15) is 8.42 Å². The molecule has 0 amide bonds. The number of aromatic nitrogens is 3. The Kier molecular flexibility index (Phi) is 5.05. The van der Waals surface area contributed by atoms with Crippen LogP contribution in [0.2, 0.25) is 0 Å². The zero-order chi connectivity index (χ0) is 15.1. The molecule has 0 aromatic carbocycles. The molecule has 0 fully saturated rings. The molecule has 8 heteroatoms. The first-order chi connectivity index (χ1) is 10.1. The highest BCUT2D eigenvalue weighted by Crippen LogP contribution is 2.08. The lowest BCUT2D eigenvalue weighted by atomic mass is 10.3. The van der Waals surface area contributed by atoms with Gasteiger partial charge < -0.3 is 10.7 Å². The SMILES string of the molecule is NCC#Cc1cncc(S(=O)(=O)NCCc2cnc[nH]2)c1. The molecular weight excluding hydrogens is 290 g/mol. The van der Waals surface area contributed by atoms with E-state index in [0.717, 1.165) is 5.69 Å². The van der Waals surface area contributed by atoms with E-state index < -0.39 is 10.0 Å². The lowest BCUT2D eigenvalue weighted by molar-refractivity contribution is 0.581. The number of pyridine rings is 1. The average molecular weight is 305 g/mol. The maximum absolute atomic E-state index is 12.1. The fraction of sp³-hybridized carbons (Fsp3) is 0.231. The van der Waals surface area contributed by atoms with Gasteiger partial charge in [0.2, 0.25) is 10.0 Å². The Balaban J connectivity index is 2.04. The van der Waals surface area contributed by atoms with Crippen molar-refractivity contribution in [1.29, 1.82) is 0 Å². The predicted molar refractivity (Wildman–Crippen MR) is 77.6 cm³/mol. The van der Waals surface area contributed by atoms with Gasteiger partial charge in [0, 0.05) is 42.8 Å². The molecule has 2 heterocycles. The third-order valence-electron chi connectivity index (χ3n) is 2.60. The number of rotatable bonds is 5. The molecule has 2 aromatic rings. The summed E-state index contributed by atoms with van der Waals surface area (Å²) in [5.74, 6) is 5.41. The molecule has 2 aromatic heterocycles. The molecule has 0 radical (unpaired) electrons. The van der Waals surface area contributed by atoms with Crippen molar-refractivity contribution >= 4 is 10.0 Å². The molecule has 0 unspecified atom stereocenters. The Morgan fingerprint density at radius 2 is 2.14 bits per heavy atom. The smallest absolute Gasteiger partial charge is 0.242 e. The summed E-state index contributed by atoms with van der Waals surface area (Å²) in [5.41, 5.74) is 6.65. The Hall–Kier alpha value is -2.21. The van der Waals surface area contributed by atoms with Crippen LogP contribution in [0.5, 0.6) is 0 Å². The second-order valence-corrected chi connectivity index (χ2v) is 5.91. The van der Waals surface area contributed by atoms with Gasteiger partial charge in [0.05, 0.1) is 12.9 Å². The molecule has 0 spiro atoms. The van der Waals surface area contributed by atoms with Crippen molar-refractivity contribution in [2.45, 2.75) is 11.3 Å². The van der Waals surface area contributed by atoms with Crippen LogP contribution in [0.15, 0.2) is 35.9 Å². The van der Waals surface area contributed by atoms with Crippen molar-refractivity contribution < 1.29 is 8.42 Å². The van der Waals surface area contributed by atoms with Gasteiger partial charge in [0.15, 0.2) is 0 Å². The van der Waals surface area contributed by atoms with Crippen LogP contribution in [0.4, 0.5) is 0 Å². The van der Waals surface area contributed by atoms with Gasteiger partial charge in [-0.1, -0.05) is 11.8 Å². The molecule has 0 aliphatic carbocycles. The highest BCUT2D eigenvalue weighted by Gasteiger charge is 2.14. The topological polar surface area (TPSA) is 114 Å². The second-order valence-electron chi connectivity index (χ2n) is 4.14. The maximum atomic E-state index is 12.1. The van der Waals surface area contributed by atoms with Crippen LogP contribution in [0.3, 0.4) is 0 Å². The van der Waals surface area contributed by atoms with Gasteiger partial charge in [-0.3, -0.25) is 4.98 Å². The third kappa shape index (κ3) is 4.39. The number of hydrogen-bond donors (Lipinski definition) is 3. The van der Waals surface area contributed by atoms with Crippen LogP contribution < -0.4 is 10.5 Å². The minimum Gasteiger partial charge on any atom is -0.348 e. The van der Waals surface area contributed by atoms with Gasteiger partial charge in [0.1, 0.15) is 4.90 Å². The molecule has 0 saturated heterocycles. The monoisotopic (exact) mass is 305 g/mol. The summed E-state index contributed by atoms with van der Waals surface area (Å²) in [6, 6.07) is 1.47. The average Bonchev–Trinajstić information content (AvgIpc) is 2.98. The van der Waals surface area contributed by atoms with E-state index in [-0.39, 0.29) is 18.0 Å². The van der Waals surface area contributed by atoms with Crippen molar-refractivity contribution in [1.82, 2.24) is 19.7 Å². The maximum Gasteiger partial charge on any atom is 0.242 e. The van der Waals surface area contributed by atoms with Gasteiger partial charge in [-0.25, -0.2) is 18.1 Å². The number of nitrogens with one attached hydrogen (secondary N) is 2. The zero-order valence-electron chi connectivity index (χ0n) is 11.2. The number of nitrogens with zero attached hydrogens (tertiary/aromatic N) is 2. The van der Waals surface area contributed by atoms with E-state index in [0.29, 0.717) is 12.0 Å². The summed E-state index contributed by atoms with van der Waals surface area (Å²) < 4.78 is 26.8. The molecule has 0 atom stereocenters. The minimum atomic E-state index is -3.61. The van der Waals surface area contributed by atoms with E-state index in [1.807, 2.05) is 0 Å². The summed E-state index contributed by atoms with van der Waals surface area (Å²) in [7, 11) is -3.61. The van der Waals surface area contributed by atoms with E-state index in [2.05, 4.69) is 31.5 Å². The summed E-state index contributed by atoms with van der Waals surface area (Å²) in [6.45, 7) is 0.475. The number of H-pyrrole nitrogens is 1. The molecule has 2 rings (SSSR count). The van der Waals surface area contributed by atoms with Gasteiger partial charge in [-0.15, -0.1) is 0 Å². The first-order valence-corrected chi connectivity index (χ1v) is 7.71. The summed E-state index contributed by atoms with van der Waals surface area (Å²) in [4.78, 5) is 10.7. The summed E-state index contributed by atoms with van der Waals surface area (Å²) in [5, 5.41) is 0. The normalized spacial score (nSPS) is 10.9. The second kappa shape index (κ2) is 6.99.